The largest absolute Gasteiger partial charge is 0.465 e. The third-order valence-electron chi connectivity index (χ3n) is 1.58. The van der Waals surface area contributed by atoms with Crippen LogP contribution in [-0.4, -0.2) is 13.1 Å². The first kappa shape index (κ1) is 11.5. The maximum absolute atomic E-state index is 11.3. The molecule has 1 aromatic rings. The number of hydrogen-bond acceptors (Lipinski definition) is 3. The van der Waals surface area contributed by atoms with E-state index in [1.807, 2.05) is 28.7 Å². The van der Waals surface area contributed by atoms with Crippen molar-refractivity contribution in [2.24, 2.45) is 0 Å². The van der Waals surface area contributed by atoms with E-state index in [0.717, 1.165) is 3.57 Å². The zero-order valence-electron chi connectivity index (χ0n) is 7.17. The third-order valence-corrected chi connectivity index (χ3v) is 3.13. The van der Waals surface area contributed by atoms with Gasteiger partial charge >= 0.3 is 5.97 Å². The number of esters is 1. The summed E-state index contributed by atoms with van der Waals surface area (Å²) in [5, 5.41) is 8.75. The Hall–Kier alpha value is -0.610. The lowest BCUT2D eigenvalue weighted by atomic mass is 10.1. The van der Waals surface area contributed by atoms with Gasteiger partial charge in [0.15, 0.2) is 0 Å². The van der Waals surface area contributed by atoms with E-state index in [1.54, 1.807) is 6.07 Å². The quantitative estimate of drug-likeness (QED) is 0.568. The predicted octanol–water partition coefficient (Wildman–Crippen LogP) is 2.71. The molecule has 72 valence electrons. The summed E-state index contributed by atoms with van der Waals surface area (Å²) < 4.78 is 6.02. The van der Waals surface area contributed by atoms with Crippen LogP contribution in [0.2, 0.25) is 0 Å². The first-order chi connectivity index (χ1) is 6.60. The molecule has 14 heavy (non-hydrogen) atoms. The van der Waals surface area contributed by atoms with Gasteiger partial charge < -0.3 is 4.74 Å². The molecule has 0 bridgehead atoms. The topological polar surface area (TPSA) is 50.1 Å². The van der Waals surface area contributed by atoms with E-state index >= 15 is 0 Å². The SMILES string of the molecule is COC(=O)c1cc(C#N)c(Br)cc1I. The number of ether oxygens (including phenoxy) is 1. The van der Waals surface area contributed by atoms with Crippen LogP contribution in [0.1, 0.15) is 15.9 Å². The Morgan fingerprint density at radius 1 is 1.64 bits per heavy atom. The maximum Gasteiger partial charge on any atom is 0.338 e. The number of carbonyl (C=O) groups is 1. The second-order valence-electron chi connectivity index (χ2n) is 2.42. The fourth-order valence-electron chi connectivity index (χ4n) is 0.901. The minimum absolute atomic E-state index is 0.410. The van der Waals surface area contributed by atoms with Crippen LogP contribution in [0.5, 0.6) is 0 Å². The molecule has 5 heteroatoms. The van der Waals surface area contributed by atoms with E-state index in [2.05, 4.69) is 20.7 Å². The Bertz CT molecular complexity index is 426. The molecule has 0 aliphatic rings. The van der Waals surface area contributed by atoms with E-state index in [0.29, 0.717) is 15.6 Å². The van der Waals surface area contributed by atoms with Gasteiger partial charge in [-0.3, -0.25) is 0 Å². The van der Waals surface area contributed by atoms with Gasteiger partial charge in [0.25, 0.3) is 0 Å². The monoisotopic (exact) mass is 365 g/mol. The minimum atomic E-state index is -0.432. The number of halogens is 2. The van der Waals surface area contributed by atoms with Crippen molar-refractivity contribution >= 4 is 44.5 Å². The highest BCUT2D eigenvalue weighted by molar-refractivity contribution is 14.1. The fraction of sp³-hybridized carbons (Fsp3) is 0.111. The van der Waals surface area contributed by atoms with Crippen LogP contribution in [0.25, 0.3) is 0 Å². The van der Waals surface area contributed by atoms with Crippen LogP contribution in [-0.2, 0) is 4.74 Å². The molecule has 0 atom stereocenters. The lowest BCUT2D eigenvalue weighted by Gasteiger charge is -2.04. The summed E-state index contributed by atoms with van der Waals surface area (Å²) in [5.41, 5.74) is 0.832. The number of nitriles is 1. The fourth-order valence-corrected chi connectivity index (χ4v) is 2.45. The van der Waals surface area contributed by atoms with Crippen LogP contribution in [0.4, 0.5) is 0 Å². The van der Waals surface area contributed by atoms with Gasteiger partial charge in [0, 0.05) is 8.04 Å². The van der Waals surface area contributed by atoms with E-state index < -0.39 is 5.97 Å². The van der Waals surface area contributed by atoms with Crippen LogP contribution in [0, 0.1) is 14.9 Å². The van der Waals surface area contributed by atoms with Crippen LogP contribution in [0.3, 0.4) is 0 Å². The molecule has 0 saturated heterocycles. The standard InChI is InChI=1S/C9H5BrINO2/c1-14-9(13)6-2-5(4-12)7(10)3-8(6)11/h2-3H,1H3. The third kappa shape index (κ3) is 2.25. The van der Waals surface area contributed by atoms with E-state index in [4.69, 9.17) is 5.26 Å². The molecule has 1 aromatic carbocycles. The van der Waals surface area contributed by atoms with Gasteiger partial charge in [-0.25, -0.2) is 4.79 Å². The average molecular weight is 366 g/mol. The summed E-state index contributed by atoms with van der Waals surface area (Å²) in [7, 11) is 1.31. The number of benzene rings is 1. The summed E-state index contributed by atoms with van der Waals surface area (Å²) in [4.78, 5) is 11.3. The Morgan fingerprint density at radius 3 is 2.79 bits per heavy atom. The van der Waals surface area contributed by atoms with Gasteiger partial charge in [-0.15, -0.1) is 0 Å². The van der Waals surface area contributed by atoms with Crippen LogP contribution in [0.15, 0.2) is 16.6 Å². The highest BCUT2D eigenvalue weighted by Crippen LogP contribution is 2.23. The molecule has 0 amide bonds. The molecule has 0 aliphatic heterocycles. The molecule has 0 aliphatic carbocycles. The maximum atomic E-state index is 11.3. The highest BCUT2D eigenvalue weighted by atomic mass is 127. The lowest BCUT2D eigenvalue weighted by Crippen LogP contribution is -2.04. The second-order valence-corrected chi connectivity index (χ2v) is 4.43. The zero-order valence-corrected chi connectivity index (χ0v) is 10.9. The van der Waals surface area contributed by atoms with Crippen molar-refractivity contribution in [2.75, 3.05) is 7.11 Å². The molecule has 0 radical (unpaired) electrons. The van der Waals surface area contributed by atoms with Gasteiger partial charge in [-0.1, -0.05) is 0 Å². The molecule has 0 spiro atoms. The summed E-state index contributed by atoms with van der Waals surface area (Å²) in [6.45, 7) is 0. The van der Waals surface area contributed by atoms with Crippen molar-refractivity contribution in [1.82, 2.24) is 0 Å². The molecule has 0 N–H and O–H groups in total. The molecule has 0 aromatic heterocycles. The Labute approximate surface area is 103 Å². The normalized spacial score (nSPS) is 9.29. The zero-order chi connectivity index (χ0) is 10.7. The summed E-state index contributed by atoms with van der Waals surface area (Å²) in [6.07, 6.45) is 0. The molecule has 0 fully saturated rings. The highest BCUT2D eigenvalue weighted by Gasteiger charge is 2.13. The van der Waals surface area contributed by atoms with Crippen molar-refractivity contribution in [3.05, 3.63) is 31.3 Å². The average Bonchev–Trinajstić information content (AvgIpc) is 2.17. The van der Waals surface area contributed by atoms with E-state index in [-0.39, 0.29) is 0 Å². The molecule has 0 heterocycles. The Kier molecular flexibility index (Phi) is 3.89. The summed E-state index contributed by atoms with van der Waals surface area (Å²) in [5.74, 6) is -0.432. The molecular formula is C9H5BrINO2. The van der Waals surface area contributed by atoms with Crippen molar-refractivity contribution in [3.8, 4) is 6.07 Å². The van der Waals surface area contributed by atoms with Gasteiger partial charge in [-0.2, -0.15) is 5.26 Å². The van der Waals surface area contributed by atoms with Gasteiger partial charge in [0.2, 0.25) is 0 Å². The Balaban J connectivity index is 3.33. The number of nitrogens with zero attached hydrogens (tertiary/aromatic N) is 1. The molecule has 0 saturated carbocycles. The lowest BCUT2D eigenvalue weighted by molar-refractivity contribution is 0.0599. The van der Waals surface area contributed by atoms with Crippen LogP contribution >= 0.6 is 38.5 Å². The number of hydrogen-bond donors (Lipinski definition) is 0. The summed E-state index contributed by atoms with van der Waals surface area (Å²) >= 11 is 5.25. The smallest absolute Gasteiger partial charge is 0.338 e. The molecule has 0 unspecified atom stereocenters. The minimum Gasteiger partial charge on any atom is -0.465 e. The first-order valence-electron chi connectivity index (χ1n) is 3.57. The number of methoxy groups -OCH3 is 1. The number of rotatable bonds is 1. The predicted molar refractivity (Wildman–Crippen MR) is 62.9 cm³/mol. The van der Waals surface area contributed by atoms with Crippen LogP contribution < -0.4 is 0 Å². The van der Waals surface area contributed by atoms with Crippen molar-refractivity contribution in [3.63, 3.8) is 0 Å². The molecular weight excluding hydrogens is 361 g/mol. The second kappa shape index (κ2) is 4.75. The summed E-state index contributed by atoms with van der Waals surface area (Å²) in [6, 6.07) is 5.21. The molecule has 3 nitrogen and oxygen atoms in total. The van der Waals surface area contributed by atoms with Gasteiger partial charge in [0.1, 0.15) is 6.07 Å². The van der Waals surface area contributed by atoms with Crippen molar-refractivity contribution in [1.29, 1.82) is 5.26 Å². The first-order valence-corrected chi connectivity index (χ1v) is 5.44. The van der Waals surface area contributed by atoms with Crippen molar-refractivity contribution in [2.45, 2.75) is 0 Å². The molecule has 1 rings (SSSR count). The number of carbonyl (C=O) groups excluding carboxylic acids is 1. The Morgan fingerprint density at radius 2 is 2.29 bits per heavy atom. The van der Waals surface area contributed by atoms with E-state index in [9.17, 15) is 4.79 Å². The van der Waals surface area contributed by atoms with Gasteiger partial charge in [0.05, 0.1) is 18.2 Å². The van der Waals surface area contributed by atoms with Crippen molar-refractivity contribution < 1.29 is 9.53 Å². The van der Waals surface area contributed by atoms with Gasteiger partial charge in [-0.05, 0) is 50.7 Å². The van der Waals surface area contributed by atoms with E-state index in [1.165, 1.54) is 13.2 Å².